The molecule has 2 rings (SSSR count). The van der Waals surface area contributed by atoms with E-state index in [1.807, 2.05) is 0 Å². The van der Waals surface area contributed by atoms with Gasteiger partial charge in [-0.05, 0) is 19.4 Å². The summed E-state index contributed by atoms with van der Waals surface area (Å²) >= 11 is 7.25. The lowest BCUT2D eigenvalue weighted by Gasteiger charge is -2.01. The van der Waals surface area contributed by atoms with Crippen LogP contribution in [0.25, 0.3) is 10.6 Å². The fourth-order valence-electron chi connectivity index (χ4n) is 1.47. The molecule has 0 aliphatic rings. The molecule has 78 valence electrons. The van der Waals surface area contributed by atoms with Gasteiger partial charge in [0.1, 0.15) is 10.0 Å². The maximum Gasteiger partial charge on any atom is 0.148 e. The molecule has 4 heteroatoms. The molecule has 0 amide bonds. The third-order valence-electron chi connectivity index (χ3n) is 2.19. The third-order valence-corrected chi connectivity index (χ3v) is 3.56. The molecule has 0 spiro atoms. The molecule has 1 aromatic heterocycles. The van der Waals surface area contributed by atoms with Crippen molar-refractivity contribution in [2.75, 3.05) is 0 Å². The molecule has 1 heterocycles. The molecular formula is C11H11ClN2S. The summed E-state index contributed by atoms with van der Waals surface area (Å²) in [7, 11) is 0. The number of alkyl halides is 1. The lowest BCUT2D eigenvalue weighted by atomic mass is 10.1. The van der Waals surface area contributed by atoms with E-state index in [1.165, 1.54) is 11.1 Å². The van der Waals surface area contributed by atoms with Crippen molar-refractivity contribution in [2.45, 2.75) is 19.7 Å². The van der Waals surface area contributed by atoms with Crippen molar-refractivity contribution in [1.29, 1.82) is 0 Å². The second-order valence-corrected chi connectivity index (χ2v) is 4.78. The van der Waals surface area contributed by atoms with E-state index in [-0.39, 0.29) is 0 Å². The number of halogens is 1. The van der Waals surface area contributed by atoms with Gasteiger partial charge in [-0.3, -0.25) is 0 Å². The summed E-state index contributed by atoms with van der Waals surface area (Å²) in [4.78, 5) is 0. The number of rotatable bonds is 2. The number of hydrogen-bond acceptors (Lipinski definition) is 3. The molecule has 0 saturated carbocycles. The Morgan fingerprint density at radius 1 is 1.27 bits per heavy atom. The summed E-state index contributed by atoms with van der Waals surface area (Å²) in [5, 5.41) is 9.96. The van der Waals surface area contributed by atoms with Crippen LogP contribution in [0.4, 0.5) is 0 Å². The van der Waals surface area contributed by atoms with Gasteiger partial charge >= 0.3 is 0 Å². The van der Waals surface area contributed by atoms with E-state index in [2.05, 4.69) is 42.2 Å². The Kier molecular flexibility index (Phi) is 3.03. The Morgan fingerprint density at radius 3 is 2.67 bits per heavy atom. The van der Waals surface area contributed by atoms with Gasteiger partial charge in [-0.25, -0.2) is 0 Å². The van der Waals surface area contributed by atoms with Crippen LogP contribution in [-0.4, -0.2) is 10.2 Å². The molecule has 0 saturated heterocycles. The average Bonchev–Trinajstić information content (AvgIpc) is 2.66. The Balaban J connectivity index is 2.44. The zero-order chi connectivity index (χ0) is 10.8. The molecule has 0 unspecified atom stereocenters. The van der Waals surface area contributed by atoms with Crippen LogP contribution in [0.1, 0.15) is 16.1 Å². The quantitative estimate of drug-likeness (QED) is 0.748. The molecule has 0 fully saturated rings. The first kappa shape index (κ1) is 10.6. The Labute approximate surface area is 97.9 Å². The second-order valence-electron chi connectivity index (χ2n) is 3.45. The zero-order valence-corrected chi connectivity index (χ0v) is 10.2. The summed E-state index contributed by atoms with van der Waals surface area (Å²) < 4.78 is 0. The van der Waals surface area contributed by atoms with Gasteiger partial charge < -0.3 is 0 Å². The van der Waals surface area contributed by atoms with E-state index in [0.717, 1.165) is 15.6 Å². The van der Waals surface area contributed by atoms with Gasteiger partial charge in [-0.2, -0.15) is 0 Å². The lowest BCUT2D eigenvalue weighted by molar-refractivity contribution is 1.04. The highest BCUT2D eigenvalue weighted by Crippen LogP contribution is 2.27. The van der Waals surface area contributed by atoms with Gasteiger partial charge in [-0.15, -0.1) is 21.8 Å². The van der Waals surface area contributed by atoms with Crippen molar-refractivity contribution >= 4 is 22.9 Å². The van der Waals surface area contributed by atoms with Crippen LogP contribution in [0.2, 0.25) is 0 Å². The van der Waals surface area contributed by atoms with Gasteiger partial charge in [0.25, 0.3) is 0 Å². The van der Waals surface area contributed by atoms with E-state index in [4.69, 9.17) is 11.6 Å². The Hall–Kier alpha value is -0.930. The molecule has 0 radical (unpaired) electrons. The molecule has 0 aliphatic heterocycles. The Bertz CT molecular complexity index is 479. The predicted molar refractivity (Wildman–Crippen MR) is 64.4 cm³/mol. The van der Waals surface area contributed by atoms with Crippen LogP contribution in [0.5, 0.6) is 0 Å². The predicted octanol–water partition coefficient (Wildman–Crippen LogP) is 3.56. The molecule has 15 heavy (non-hydrogen) atoms. The van der Waals surface area contributed by atoms with Crippen molar-refractivity contribution in [3.05, 3.63) is 34.3 Å². The van der Waals surface area contributed by atoms with E-state index in [1.54, 1.807) is 11.3 Å². The van der Waals surface area contributed by atoms with E-state index < -0.39 is 0 Å². The maximum absolute atomic E-state index is 5.70. The van der Waals surface area contributed by atoms with Crippen LogP contribution in [0, 0.1) is 13.8 Å². The van der Waals surface area contributed by atoms with E-state index in [0.29, 0.717) is 5.88 Å². The Morgan fingerprint density at radius 2 is 2.07 bits per heavy atom. The molecule has 0 atom stereocenters. The van der Waals surface area contributed by atoms with E-state index >= 15 is 0 Å². The first-order valence-corrected chi connectivity index (χ1v) is 6.02. The summed E-state index contributed by atoms with van der Waals surface area (Å²) in [6, 6.07) is 6.32. The van der Waals surface area contributed by atoms with Crippen LogP contribution < -0.4 is 0 Å². The highest BCUT2D eigenvalue weighted by molar-refractivity contribution is 7.14. The fraction of sp³-hybridized carbons (Fsp3) is 0.273. The minimum atomic E-state index is 0.433. The topological polar surface area (TPSA) is 25.8 Å². The van der Waals surface area contributed by atoms with Crippen molar-refractivity contribution in [2.24, 2.45) is 0 Å². The van der Waals surface area contributed by atoms with Gasteiger partial charge in [0, 0.05) is 5.56 Å². The van der Waals surface area contributed by atoms with Crippen molar-refractivity contribution < 1.29 is 0 Å². The number of benzene rings is 1. The SMILES string of the molecule is Cc1ccc(-c2nnc(CCl)s2)c(C)c1. The fourth-order valence-corrected chi connectivity index (χ4v) is 2.47. The molecular weight excluding hydrogens is 228 g/mol. The normalized spacial score (nSPS) is 10.6. The highest BCUT2D eigenvalue weighted by Gasteiger charge is 2.08. The van der Waals surface area contributed by atoms with Gasteiger partial charge in [0.2, 0.25) is 0 Å². The lowest BCUT2D eigenvalue weighted by Crippen LogP contribution is -1.83. The smallest absolute Gasteiger partial charge is 0.142 e. The average molecular weight is 239 g/mol. The molecule has 1 aromatic carbocycles. The summed E-state index contributed by atoms with van der Waals surface area (Å²) in [5.74, 6) is 0.433. The number of hydrogen-bond donors (Lipinski definition) is 0. The zero-order valence-electron chi connectivity index (χ0n) is 8.62. The number of aryl methyl sites for hydroxylation is 2. The molecule has 0 aliphatic carbocycles. The first-order chi connectivity index (χ1) is 7.20. The van der Waals surface area contributed by atoms with Crippen LogP contribution in [0.3, 0.4) is 0 Å². The van der Waals surface area contributed by atoms with Gasteiger partial charge in [0.15, 0.2) is 0 Å². The summed E-state index contributed by atoms with van der Waals surface area (Å²) in [6.07, 6.45) is 0. The maximum atomic E-state index is 5.70. The highest BCUT2D eigenvalue weighted by atomic mass is 35.5. The summed E-state index contributed by atoms with van der Waals surface area (Å²) in [5.41, 5.74) is 3.64. The van der Waals surface area contributed by atoms with Crippen LogP contribution >= 0.6 is 22.9 Å². The van der Waals surface area contributed by atoms with Gasteiger partial charge in [0.05, 0.1) is 5.88 Å². The van der Waals surface area contributed by atoms with Gasteiger partial charge in [-0.1, -0.05) is 35.1 Å². The third kappa shape index (κ3) is 2.19. The summed E-state index contributed by atoms with van der Waals surface area (Å²) in [6.45, 7) is 4.17. The molecule has 2 aromatic rings. The van der Waals surface area contributed by atoms with Crippen LogP contribution in [-0.2, 0) is 5.88 Å². The standard InChI is InChI=1S/C11H11ClN2S/c1-7-3-4-9(8(2)5-7)11-14-13-10(6-12)15-11/h3-5H,6H2,1-2H3. The minimum absolute atomic E-state index is 0.433. The molecule has 0 bridgehead atoms. The molecule has 0 N–H and O–H groups in total. The van der Waals surface area contributed by atoms with E-state index in [9.17, 15) is 0 Å². The van der Waals surface area contributed by atoms with Crippen molar-refractivity contribution in [3.8, 4) is 10.6 Å². The second kappa shape index (κ2) is 4.29. The van der Waals surface area contributed by atoms with Crippen LogP contribution in [0.15, 0.2) is 18.2 Å². The number of aromatic nitrogens is 2. The van der Waals surface area contributed by atoms with Crippen molar-refractivity contribution in [1.82, 2.24) is 10.2 Å². The first-order valence-electron chi connectivity index (χ1n) is 4.66. The molecule has 2 nitrogen and oxygen atoms in total. The monoisotopic (exact) mass is 238 g/mol. The minimum Gasteiger partial charge on any atom is -0.142 e. The number of nitrogens with zero attached hydrogens (tertiary/aromatic N) is 2. The largest absolute Gasteiger partial charge is 0.148 e. The van der Waals surface area contributed by atoms with Crippen molar-refractivity contribution in [3.63, 3.8) is 0 Å².